The summed E-state index contributed by atoms with van der Waals surface area (Å²) in [5.41, 5.74) is 8.83. The predicted octanol–water partition coefficient (Wildman–Crippen LogP) is -0.714. The van der Waals surface area contributed by atoms with Gasteiger partial charge in [0.05, 0.1) is 6.54 Å². The first-order valence-corrected chi connectivity index (χ1v) is 4.44. The number of aryl methyl sites for hydroxylation is 2. The highest BCUT2D eigenvalue weighted by molar-refractivity contribution is 5.71. The Morgan fingerprint density at radius 1 is 1.50 bits per heavy atom. The fraction of sp³-hybridized carbons (Fsp3) is 0.300. The van der Waals surface area contributed by atoms with Gasteiger partial charge in [0.15, 0.2) is 0 Å². The normalized spacial score (nSPS) is 11.4. The molecule has 14 heavy (non-hydrogen) atoms. The van der Waals surface area contributed by atoms with Gasteiger partial charge in [0, 0.05) is 0 Å². The number of nitrogens with one attached hydrogen (secondary N) is 2. The Labute approximate surface area is 83.4 Å². The van der Waals surface area contributed by atoms with Crippen molar-refractivity contribution in [3.63, 3.8) is 0 Å². The van der Waals surface area contributed by atoms with Gasteiger partial charge in [-0.2, -0.15) is 0 Å². The van der Waals surface area contributed by atoms with Gasteiger partial charge in [0.25, 0.3) is 0 Å². The van der Waals surface area contributed by atoms with Crippen LogP contribution in [0, 0.1) is 19.1 Å². The lowest BCUT2D eigenvalue weighted by molar-refractivity contribution is -0.377. The van der Waals surface area contributed by atoms with Gasteiger partial charge in [-0.3, -0.25) is 16.2 Å². The smallest absolute Gasteiger partial charge is 0.341 e. The summed E-state index contributed by atoms with van der Waals surface area (Å²) >= 11 is 0. The Hall–Kier alpha value is -1.71. The van der Waals surface area contributed by atoms with Gasteiger partial charge in [-0.25, -0.2) is 0 Å². The van der Waals surface area contributed by atoms with Crippen LogP contribution in [0.2, 0.25) is 0 Å². The van der Waals surface area contributed by atoms with E-state index in [4.69, 9.17) is 5.73 Å². The van der Waals surface area contributed by atoms with E-state index in [9.17, 15) is 5.21 Å². The van der Waals surface area contributed by atoms with E-state index in [1.807, 2.05) is 26.0 Å². The second-order valence-corrected chi connectivity index (χ2v) is 3.30. The summed E-state index contributed by atoms with van der Waals surface area (Å²) in [6, 6.07) is 6.15. The van der Waals surface area contributed by atoms with Crippen LogP contribution in [0.25, 0.3) is 0 Å². The molecule has 1 aromatic carbocycles. The van der Waals surface area contributed by atoms with Crippen molar-refractivity contribution in [3.8, 4) is 0 Å². The van der Waals surface area contributed by atoms with Crippen molar-refractivity contribution in [1.29, 1.82) is 0 Å². The van der Waals surface area contributed by atoms with Gasteiger partial charge in [0.1, 0.15) is 0 Å². The molecule has 1 aromatic rings. The molecule has 1 rings (SSSR count). The van der Waals surface area contributed by atoms with E-state index in [0.717, 1.165) is 5.56 Å². The van der Waals surface area contributed by atoms with Gasteiger partial charge in [-0.15, -0.1) is 0 Å². The molecule has 0 heterocycles. The lowest BCUT2D eigenvalue weighted by atomic mass is 10.1. The van der Waals surface area contributed by atoms with Crippen molar-refractivity contribution in [2.45, 2.75) is 20.4 Å². The van der Waals surface area contributed by atoms with Gasteiger partial charge < -0.3 is 5.21 Å². The lowest BCUT2D eigenvalue weighted by Crippen LogP contribution is -2.72. The van der Waals surface area contributed by atoms with E-state index < -0.39 is 0 Å². The Morgan fingerprint density at radius 3 is 2.79 bits per heavy atom. The van der Waals surface area contributed by atoms with Crippen LogP contribution in [0.4, 0.5) is 0 Å². The molecule has 0 radical (unpaired) electrons. The van der Waals surface area contributed by atoms with Crippen LogP contribution in [-0.4, -0.2) is 5.96 Å². The minimum Gasteiger partial charge on any atom is -0.747 e. The van der Waals surface area contributed by atoms with Gasteiger partial charge in [-0.1, -0.05) is 23.8 Å². The predicted molar refractivity (Wildman–Crippen MR) is 56.3 cm³/mol. The van der Waals surface area contributed by atoms with Crippen LogP contribution < -0.4 is 16.2 Å². The zero-order valence-corrected chi connectivity index (χ0v) is 8.42. The molecule has 0 unspecified atom stereocenters. The fourth-order valence-corrected chi connectivity index (χ4v) is 1.27. The minimum atomic E-state index is 0.0463. The quantitative estimate of drug-likeness (QED) is 0.251. The summed E-state index contributed by atoms with van der Waals surface area (Å²) in [5.74, 6) is 0.0463. The van der Waals surface area contributed by atoms with Gasteiger partial charge >= 0.3 is 5.96 Å². The van der Waals surface area contributed by atoms with Crippen LogP contribution in [0.3, 0.4) is 0 Å². The molecule has 0 spiro atoms. The van der Waals surface area contributed by atoms with Crippen molar-refractivity contribution in [2.24, 2.45) is 5.73 Å². The maximum atomic E-state index is 10.1. The SMILES string of the molecule is Cc1ccc(CN/C(N)=[NH+]\[O-])c(C)c1. The zero-order chi connectivity index (χ0) is 10.6. The van der Waals surface area contributed by atoms with Crippen LogP contribution in [-0.2, 0) is 6.54 Å². The Balaban J connectivity index is 2.68. The van der Waals surface area contributed by atoms with Gasteiger partial charge in [0.2, 0.25) is 0 Å². The number of rotatable bonds is 2. The van der Waals surface area contributed by atoms with Crippen molar-refractivity contribution >= 4 is 5.96 Å². The van der Waals surface area contributed by atoms with Gasteiger partial charge in [-0.05, 0) is 25.0 Å². The van der Waals surface area contributed by atoms with Crippen LogP contribution in [0.15, 0.2) is 18.2 Å². The maximum Gasteiger partial charge on any atom is 0.341 e. The number of benzene rings is 1. The fourth-order valence-electron chi connectivity index (χ4n) is 1.27. The third-order valence-corrected chi connectivity index (χ3v) is 2.08. The van der Waals surface area contributed by atoms with E-state index >= 15 is 0 Å². The summed E-state index contributed by atoms with van der Waals surface area (Å²) in [6.45, 7) is 4.64. The standard InChI is InChI=1S/C10H15N3O/c1-7-3-4-9(8(2)5-7)6-12-10(11)13-14/h3-5,12-13H,6,11H2,1-2H3/b13-10-. The molecule has 0 aliphatic heterocycles. The van der Waals surface area contributed by atoms with E-state index in [0.29, 0.717) is 6.54 Å². The van der Waals surface area contributed by atoms with Crippen LogP contribution in [0.1, 0.15) is 16.7 Å². The number of hydrogen-bond donors (Lipinski definition) is 3. The van der Waals surface area contributed by atoms with Crippen molar-refractivity contribution in [1.82, 2.24) is 5.32 Å². The van der Waals surface area contributed by atoms with Crippen LogP contribution in [0.5, 0.6) is 0 Å². The molecule has 0 bridgehead atoms. The molecular formula is C10H15N3O. The van der Waals surface area contributed by atoms with Crippen molar-refractivity contribution in [3.05, 3.63) is 40.1 Å². The second-order valence-electron chi connectivity index (χ2n) is 3.30. The van der Waals surface area contributed by atoms with Crippen molar-refractivity contribution in [2.75, 3.05) is 0 Å². The first kappa shape index (κ1) is 10.4. The average Bonchev–Trinajstić information content (AvgIpc) is 2.16. The molecule has 4 heteroatoms. The minimum absolute atomic E-state index is 0.0463. The molecule has 0 saturated carbocycles. The monoisotopic (exact) mass is 193 g/mol. The number of guanidine groups is 1. The Kier molecular flexibility index (Phi) is 3.34. The zero-order valence-electron chi connectivity index (χ0n) is 8.42. The largest absolute Gasteiger partial charge is 0.747 e. The molecule has 0 aliphatic carbocycles. The van der Waals surface area contributed by atoms with E-state index in [2.05, 4.69) is 11.4 Å². The molecular weight excluding hydrogens is 178 g/mol. The summed E-state index contributed by atoms with van der Waals surface area (Å²) in [7, 11) is 0. The molecule has 0 aliphatic rings. The number of nitrogens with two attached hydrogens (primary N) is 1. The molecule has 0 saturated heterocycles. The molecule has 0 amide bonds. The maximum absolute atomic E-state index is 10.1. The highest BCUT2D eigenvalue weighted by atomic mass is 16.4. The third-order valence-electron chi connectivity index (χ3n) is 2.08. The molecule has 76 valence electrons. The molecule has 0 atom stereocenters. The van der Waals surface area contributed by atoms with E-state index in [-0.39, 0.29) is 5.96 Å². The Morgan fingerprint density at radius 2 is 2.21 bits per heavy atom. The molecule has 0 fully saturated rings. The molecule has 4 N–H and O–H groups in total. The second kappa shape index (κ2) is 4.50. The lowest BCUT2D eigenvalue weighted by Gasteiger charge is -2.05. The van der Waals surface area contributed by atoms with Crippen molar-refractivity contribution < 1.29 is 5.16 Å². The number of hydrogen-bond acceptors (Lipinski definition) is 1. The first-order valence-electron chi connectivity index (χ1n) is 4.44. The molecule has 0 aromatic heterocycles. The topological polar surface area (TPSA) is 75.1 Å². The third kappa shape index (κ3) is 2.65. The summed E-state index contributed by atoms with van der Waals surface area (Å²) < 4.78 is 0. The van der Waals surface area contributed by atoms with Crippen LogP contribution >= 0.6 is 0 Å². The van der Waals surface area contributed by atoms with E-state index in [1.165, 1.54) is 11.1 Å². The highest BCUT2D eigenvalue weighted by Crippen LogP contribution is 2.09. The summed E-state index contributed by atoms with van der Waals surface area (Å²) in [4.78, 5) is 0. The average molecular weight is 193 g/mol. The van der Waals surface area contributed by atoms with E-state index in [1.54, 1.807) is 5.16 Å². The molecule has 4 nitrogen and oxygen atoms in total. The first-order chi connectivity index (χ1) is 6.63. The summed E-state index contributed by atoms with van der Waals surface area (Å²) in [6.07, 6.45) is 0. The summed E-state index contributed by atoms with van der Waals surface area (Å²) in [5, 5.41) is 14.5. The Bertz CT molecular complexity index is 347. The highest BCUT2D eigenvalue weighted by Gasteiger charge is 2.01.